The fourth-order valence-corrected chi connectivity index (χ4v) is 8.40. The molecular weight excluding hydrogens is 819 g/mol. The summed E-state index contributed by atoms with van der Waals surface area (Å²) in [5, 5.41) is 3.13. The topological polar surface area (TPSA) is 170 Å². The Morgan fingerprint density at radius 1 is 0.516 bits per heavy atom. The quantitative estimate of drug-likeness (QED) is 0.0270. The number of allylic oxidation sites excluding steroid dienone is 1. The normalized spacial score (nSPS) is 19.4. The van der Waals surface area contributed by atoms with E-state index in [-0.39, 0.29) is 25.4 Å². The lowest BCUT2D eigenvalue weighted by Crippen LogP contribution is -2.62. The molecule has 1 aliphatic heterocycles. The molecule has 13 nitrogen and oxygen atoms in total. The summed E-state index contributed by atoms with van der Waals surface area (Å²) in [6, 6.07) is -0.696. The third-order valence-electron chi connectivity index (χ3n) is 11.7. The third kappa shape index (κ3) is 29.9. The molecule has 0 aliphatic carbocycles. The van der Waals surface area contributed by atoms with Gasteiger partial charge in [-0.3, -0.25) is 28.8 Å². The van der Waals surface area contributed by atoms with Crippen molar-refractivity contribution < 1.29 is 57.2 Å². The van der Waals surface area contributed by atoms with E-state index >= 15 is 0 Å². The van der Waals surface area contributed by atoms with Gasteiger partial charge in [0.05, 0.1) is 12.1 Å². The predicted molar refractivity (Wildman–Crippen MR) is 249 cm³/mol. The van der Waals surface area contributed by atoms with Crippen molar-refractivity contribution in [1.82, 2.24) is 5.32 Å². The first kappa shape index (κ1) is 58.5. The first-order valence-electron chi connectivity index (χ1n) is 25.2. The number of esters is 5. The zero-order valence-corrected chi connectivity index (χ0v) is 41.1. The minimum Gasteiger partial charge on any atom is -0.463 e. The molecule has 1 aliphatic rings. The SMILES string of the molecule is CCCCCCCCCCCCC/C=C/[C@@H](OC(C)=O)[C@H](CC[C@@H]1O[C@H](COC(C)=O)[C@H](OC(C)=O)[C@H](OC(C)=O)[C@H]1OC(C)=O)NC(=O)CCCCCCCCCCCCCCC. The molecule has 13 heteroatoms. The van der Waals surface area contributed by atoms with Crippen molar-refractivity contribution in [1.29, 1.82) is 0 Å². The van der Waals surface area contributed by atoms with Crippen LogP contribution in [0.3, 0.4) is 0 Å². The van der Waals surface area contributed by atoms with E-state index in [1.54, 1.807) is 0 Å². The maximum atomic E-state index is 13.6. The smallest absolute Gasteiger partial charge is 0.303 e. The summed E-state index contributed by atoms with van der Waals surface area (Å²) in [5.74, 6) is -3.42. The molecule has 64 heavy (non-hydrogen) atoms. The van der Waals surface area contributed by atoms with Crippen LogP contribution in [-0.4, -0.2) is 85.0 Å². The Labute approximate surface area is 386 Å². The molecule has 0 unspecified atom stereocenters. The van der Waals surface area contributed by atoms with E-state index < -0.39 is 72.5 Å². The van der Waals surface area contributed by atoms with Crippen LogP contribution in [0.1, 0.15) is 228 Å². The number of carbonyl (C=O) groups is 6. The summed E-state index contributed by atoms with van der Waals surface area (Å²) in [6.07, 6.45) is 27.7. The summed E-state index contributed by atoms with van der Waals surface area (Å²) in [4.78, 5) is 75.1. The molecule has 0 spiro atoms. The van der Waals surface area contributed by atoms with E-state index in [1.165, 1.54) is 150 Å². The molecule has 0 bridgehead atoms. The van der Waals surface area contributed by atoms with Crippen LogP contribution in [0.25, 0.3) is 0 Å². The lowest BCUT2D eigenvalue weighted by Gasteiger charge is -2.45. The van der Waals surface area contributed by atoms with Gasteiger partial charge in [0, 0.05) is 41.0 Å². The Bertz CT molecular complexity index is 1320. The molecule has 1 heterocycles. The molecule has 7 atom stereocenters. The van der Waals surface area contributed by atoms with Crippen LogP contribution in [0.15, 0.2) is 12.2 Å². The number of hydrogen-bond donors (Lipinski definition) is 1. The van der Waals surface area contributed by atoms with Gasteiger partial charge in [-0.05, 0) is 38.2 Å². The van der Waals surface area contributed by atoms with Crippen LogP contribution in [-0.2, 0) is 57.2 Å². The maximum Gasteiger partial charge on any atom is 0.303 e. The maximum absolute atomic E-state index is 13.6. The summed E-state index contributed by atoms with van der Waals surface area (Å²) in [6.45, 7) is 10.2. The predicted octanol–water partition coefficient (Wildman–Crippen LogP) is 11.0. The molecule has 1 amide bonds. The number of unbranched alkanes of at least 4 members (excludes halogenated alkanes) is 23. The van der Waals surface area contributed by atoms with E-state index in [9.17, 15) is 28.8 Å². The van der Waals surface area contributed by atoms with E-state index in [4.69, 9.17) is 28.4 Å². The Hall–Kier alpha value is -3.48. The molecular formula is C51H89NO12. The van der Waals surface area contributed by atoms with Crippen molar-refractivity contribution in [3.8, 4) is 0 Å². The highest BCUT2D eigenvalue weighted by Crippen LogP contribution is 2.32. The Balaban J connectivity index is 3.13. The summed E-state index contributed by atoms with van der Waals surface area (Å²) in [7, 11) is 0. The molecule has 0 saturated carbocycles. The zero-order valence-electron chi connectivity index (χ0n) is 41.1. The van der Waals surface area contributed by atoms with Gasteiger partial charge in [-0.25, -0.2) is 0 Å². The molecule has 1 fully saturated rings. The Kier molecular flexibility index (Phi) is 34.5. The average Bonchev–Trinajstić information content (AvgIpc) is 3.22. The Morgan fingerprint density at radius 3 is 1.38 bits per heavy atom. The molecule has 0 radical (unpaired) electrons. The summed E-state index contributed by atoms with van der Waals surface area (Å²) in [5.41, 5.74) is 0. The lowest BCUT2D eigenvalue weighted by atomic mass is 9.90. The van der Waals surface area contributed by atoms with E-state index in [0.717, 1.165) is 44.9 Å². The standard InChI is InChI=1S/C51H89NO12/c1-8-10-12-14-16-18-20-22-24-26-28-30-32-34-45(60-40(4)54)44(52-48(58)35-33-31-29-27-25-23-21-19-17-15-13-11-9-2)36-37-46-49(61-41(5)55)51(63-43(7)57)50(62-42(6)56)47(64-46)38-59-39(3)53/h32,34,44-47,49-51H,8-31,33,35-38H2,1-7H3,(H,52,58)/b34-32+/t44-,45+,46-,47+,49-,50-,51+/m0/s1. The minimum absolute atomic E-state index is 0.118. The second kappa shape index (κ2) is 37.7. The van der Waals surface area contributed by atoms with Crippen molar-refractivity contribution >= 4 is 35.8 Å². The first-order valence-corrected chi connectivity index (χ1v) is 25.2. The van der Waals surface area contributed by atoms with Crippen LogP contribution >= 0.6 is 0 Å². The van der Waals surface area contributed by atoms with Crippen LogP contribution in [0, 0.1) is 0 Å². The van der Waals surface area contributed by atoms with Gasteiger partial charge in [-0.15, -0.1) is 0 Å². The molecule has 0 aromatic heterocycles. The van der Waals surface area contributed by atoms with Crippen molar-refractivity contribution in [3.05, 3.63) is 12.2 Å². The zero-order chi connectivity index (χ0) is 47.4. The minimum atomic E-state index is -1.30. The average molecular weight is 908 g/mol. The van der Waals surface area contributed by atoms with Crippen molar-refractivity contribution in [2.75, 3.05) is 6.61 Å². The first-order chi connectivity index (χ1) is 30.8. The van der Waals surface area contributed by atoms with Crippen LogP contribution in [0.2, 0.25) is 0 Å². The monoisotopic (exact) mass is 908 g/mol. The van der Waals surface area contributed by atoms with E-state index in [1.807, 2.05) is 12.2 Å². The van der Waals surface area contributed by atoms with Crippen molar-refractivity contribution in [3.63, 3.8) is 0 Å². The third-order valence-corrected chi connectivity index (χ3v) is 11.7. The van der Waals surface area contributed by atoms with Crippen LogP contribution in [0.4, 0.5) is 0 Å². The van der Waals surface area contributed by atoms with Gasteiger partial charge in [0.2, 0.25) is 5.91 Å². The van der Waals surface area contributed by atoms with Crippen LogP contribution < -0.4 is 5.32 Å². The molecule has 1 N–H and O–H groups in total. The number of hydrogen-bond acceptors (Lipinski definition) is 12. The van der Waals surface area contributed by atoms with E-state index in [2.05, 4.69) is 19.2 Å². The number of nitrogens with one attached hydrogen (secondary N) is 1. The highest BCUT2D eigenvalue weighted by molar-refractivity contribution is 5.76. The molecule has 1 rings (SSSR count). The van der Waals surface area contributed by atoms with Gasteiger partial charge >= 0.3 is 29.8 Å². The number of carbonyl (C=O) groups excluding carboxylic acids is 6. The van der Waals surface area contributed by atoms with Gasteiger partial charge in [-0.1, -0.05) is 161 Å². The molecule has 0 aromatic rings. The molecule has 0 aromatic carbocycles. The summed E-state index contributed by atoms with van der Waals surface area (Å²) >= 11 is 0. The Morgan fingerprint density at radius 2 is 0.938 bits per heavy atom. The second-order valence-corrected chi connectivity index (χ2v) is 17.8. The second-order valence-electron chi connectivity index (χ2n) is 17.8. The highest BCUT2D eigenvalue weighted by Gasteiger charge is 2.52. The van der Waals surface area contributed by atoms with Gasteiger partial charge in [0.1, 0.15) is 18.8 Å². The number of rotatable bonds is 38. The van der Waals surface area contributed by atoms with Crippen LogP contribution in [0.5, 0.6) is 0 Å². The number of amides is 1. The van der Waals surface area contributed by atoms with E-state index in [0.29, 0.717) is 6.42 Å². The lowest BCUT2D eigenvalue weighted by molar-refractivity contribution is -0.253. The fourth-order valence-electron chi connectivity index (χ4n) is 8.40. The fraction of sp³-hybridized carbons (Fsp3) is 0.843. The van der Waals surface area contributed by atoms with Gasteiger partial charge in [-0.2, -0.15) is 0 Å². The van der Waals surface area contributed by atoms with Gasteiger partial charge in [0.15, 0.2) is 18.3 Å². The molecule has 370 valence electrons. The van der Waals surface area contributed by atoms with Crippen molar-refractivity contribution in [2.24, 2.45) is 0 Å². The summed E-state index contributed by atoms with van der Waals surface area (Å²) < 4.78 is 34.3. The highest BCUT2D eigenvalue weighted by atomic mass is 16.7. The largest absolute Gasteiger partial charge is 0.463 e. The molecule has 1 saturated heterocycles. The van der Waals surface area contributed by atoms with Gasteiger partial charge in [0.25, 0.3) is 0 Å². The number of ether oxygens (including phenoxy) is 6. The van der Waals surface area contributed by atoms with Gasteiger partial charge < -0.3 is 33.7 Å². The van der Waals surface area contributed by atoms with Crippen molar-refractivity contribution in [2.45, 2.75) is 271 Å².